The van der Waals surface area contributed by atoms with Gasteiger partial charge in [-0.3, -0.25) is 4.79 Å². The number of hydrogen-bond donors (Lipinski definition) is 1. The summed E-state index contributed by atoms with van der Waals surface area (Å²) in [6, 6.07) is 3.43. The van der Waals surface area contributed by atoms with Crippen molar-refractivity contribution >= 4 is 15.9 Å². The predicted octanol–water partition coefficient (Wildman–Crippen LogP) is 3.34. The average Bonchev–Trinajstić information content (AvgIpc) is 2.80. The third kappa shape index (κ3) is 8.51. The van der Waals surface area contributed by atoms with Crippen molar-refractivity contribution in [1.29, 1.82) is 0 Å². The van der Waals surface area contributed by atoms with E-state index in [-0.39, 0.29) is 30.6 Å². The number of aryl methyl sites for hydroxylation is 2. The molecular formula is C26H43N3O5S. The molecule has 0 heterocycles. The Hall–Kier alpha value is -2.10. The van der Waals surface area contributed by atoms with Crippen LogP contribution in [0, 0.1) is 25.7 Å². The number of amides is 1. The Bertz CT molecular complexity index is 948. The molecule has 0 aliphatic heterocycles. The van der Waals surface area contributed by atoms with Crippen molar-refractivity contribution in [2.75, 3.05) is 54.1 Å². The van der Waals surface area contributed by atoms with Crippen molar-refractivity contribution in [2.24, 2.45) is 11.8 Å². The molecule has 2 rings (SSSR count). The lowest BCUT2D eigenvalue weighted by Gasteiger charge is -2.31. The smallest absolute Gasteiger partial charge is 0.248 e. The van der Waals surface area contributed by atoms with E-state index in [1.54, 1.807) is 38.0 Å². The molecule has 9 heteroatoms. The molecule has 35 heavy (non-hydrogen) atoms. The van der Waals surface area contributed by atoms with Crippen LogP contribution in [0.25, 0.3) is 0 Å². The van der Waals surface area contributed by atoms with Crippen LogP contribution >= 0.6 is 0 Å². The Labute approximate surface area is 211 Å². The Morgan fingerprint density at radius 3 is 2.23 bits per heavy atom. The fraction of sp³-hybridized carbons (Fsp3) is 0.654. The molecular weight excluding hydrogens is 466 g/mol. The topological polar surface area (TPSA) is 88.2 Å². The summed E-state index contributed by atoms with van der Waals surface area (Å²) < 4.78 is 38.2. The maximum atomic E-state index is 13.1. The van der Waals surface area contributed by atoms with Crippen molar-refractivity contribution < 1.29 is 22.7 Å². The van der Waals surface area contributed by atoms with Gasteiger partial charge in [-0.2, -0.15) is 4.31 Å². The Balaban J connectivity index is 1.75. The molecule has 1 aliphatic rings. The van der Waals surface area contributed by atoms with Crippen molar-refractivity contribution in [3.8, 4) is 5.75 Å². The number of methoxy groups -OCH3 is 1. The van der Waals surface area contributed by atoms with Crippen molar-refractivity contribution in [1.82, 2.24) is 14.5 Å². The third-order valence-electron chi connectivity index (χ3n) is 6.73. The fourth-order valence-electron chi connectivity index (χ4n) is 4.60. The summed E-state index contributed by atoms with van der Waals surface area (Å²) in [6.45, 7) is 11.3. The fourth-order valence-corrected chi connectivity index (χ4v) is 6.16. The van der Waals surface area contributed by atoms with Crippen LogP contribution in [0.1, 0.15) is 43.7 Å². The SMILES string of the molecule is C=C(C)NCC1CCC(CN(C)C(=O)COCCN(C)S(=O)(=O)c2c(C)cc(OC)cc2C)CC1. The quantitative estimate of drug-likeness (QED) is 0.411. The number of carbonyl (C=O) groups is 1. The largest absolute Gasteiger partial charge is 0.497 e. The van der Waals surface area contributed by atoms with Gasteiger partial charge in [-0.1, -0.05) is 6.58 Å². The minimum absolute atomic E-state index is 0.0527. The maximum absolute atomic E-state index is 13.1. The zero-order valence-electron chi connectivity index (χ0n) is 22.2. The Kier molecular flexibility index (Phi) is 11.0. The molecule has 8 nitrogen and oxygen atoms in total. The summed E-state index contributed by atoms with van der Waals surface area (Å²) in [5.74, 6) is 1.73. The second-order valence-electron chi connectivity index (χ2n) is 9.79. The number of carbonyl (C=O) groups excluding carboxylic acids is 1. The van der Waals surface area contributed by atoms with Crippen LogP contribution in [0.2, 0.25) is 0 Å². The number of benzene rings is 1. The van der Waals surface area contributed by atoms with Gasteiger partial charge in [0, 0.05) is 39.4 Å². The highest BCUT2D eigenvalue weighted by molar-refractivity contribution is 7.89. The molecule has 1 fully saturated rings. The number of hydrogen-bond acceptors (Lipinski definition) is 6. The molecule has 1 aliphatic carbocycles. The summed E-state index contributed by atoms with van der Waals surface area (Å²) >= 11 is 0. The number of rotatable bonds is 13. The minimum Gasteiger partial charge on any atom is -0.497 e. The van der Waals surface area contributed by atoms with Gasteiger partial charge in [0.15, 0.2) is 0 Å². The van der Waals surface area contributed by atoms with Gasteiger partial charge >= 0.3 is 0 Å². The molecule has 0 bridgehead atoms. The highest BCUT2D eigenvalue weighted by Crippen LogP contribution is 2.29. The van der Waals surface area contributed by atoms with Gasteiger partial charge in [0.1, 0.15) is 12.4 Å². The molecule has 0 unspecified atom stereocenters. The van der Waals surface area contributed by atoms with Crippen LogP contribution in [0.3, 0.4) is 0 Å². The predicted molar refractivity (Wildman–Crippen MR) is 139 cm³/mol. The number of nitrogens with one attached hydrogen (secondary N) is 1. The first-order valence-electron chi connectivity index (χ1n) is 12.3. The maximum Gasteiger partial charge on any atom is 0.248 e. The van der Waals surface area contributed by atoms with E-state index in [4.69, 9.17) is 9.47 Å². The molecule has 0 atom stereocenters. The van der Waals surface area contributed by atoms with Gasteiger partial charge in [0.2, 0.25) is 15.9 Å². The minimum atomic E-state index is -3.68. The first kappa shape index (κ1) is 29.1. The van der Waals surface area contributed by atoms with Gasteiger partial charge in [-0.05, 0) is 81.5 Å². The standard InChI is InChI=1S/C26H43N3O5S/c1-19(2)27-16-22-8-10-23(11-9-22)17-28(5)25(30)18-34-13-12-29(6)35(31,32)26-20(3)14-24(33-7)15-21(26)4/h14-15,22-23,27H,1,8-13,16-18H2,2-7H3. The lowest BCUT2D eigenvalue weighted by Crippen LogP contribution is -2.37. The van der Waals surface area contributed by atoms with Crippen LogP contribution in [-0.2, 0) is 19.6 Å². The molecule has 0 spiro atoms. The molecule has 0 saturated heterocycles. The molecule has 1 N–H and O–H groups in total. The number of likely N-dealkylation sites (N-methyl/N-ethyl adjacent to an activating group) is 2. The Morgan fingerprint density at radius 1 is 1.11 bits per heavy atom. The molecule has 1 aromatic rings. The van der Waals surface area contributed by atoms with E-state index in [1.807, 2.05) is 14.0 Å². The van der Waals surface area contributed by atoms with E-state index in [0.717, 1.165) is 44.5 Å². The second kappa shape index (κ2) is 13.3. The molecule has 0 radical (unpaired) electrons. The van der Waals surface area contributed by atoms with E-state index in [1.165, 1.54) is 11.4 Å². The lowest BCUT2D eigenvalue weighted by molar-refractivity contribution is -0.135. The summed E-state index contributed by atoms with van der Waals surface area (Å²) in [5.41, 5.74) is 2.27. The van der Waals surface area contributed by atoms with E-state index < -0.39 is 10.0 Å². The van der Waals surface area contributed by atoms with Gasteiger partial charge < -0.3 is 19.7 Å². The molecule has 198 valence electrons. The molecule has 1 saturated carbocycles. The zero-order chi connectivity index (χ0) is 26.2. The zero-order valence-corrected chi connectivity index (χ0v) is 23.0. The van der Waals surface area contributed by atoms with Crippen molar-refractivity contribution in [3.05, 3.63) is 35.5 Å². The summed E-state index contributed by atoms with van der Waals surface area (Å²) in [6.07, 6.45) is 4.57. The van der Waals surface area contributed by atoms with Gasteiger partial charge in [0.25, 0.3) is 0 Å². The number of allylic oxidation sites excluding steroid dienone is 1. The van der Waals surface area contributed by atoms with Gasteiger partial charge in [-0.25, -0.2) is 8.42 Å². The number of ether oxygens (including phenoxy) is 2. The van der Waals surface area contributed by atoms with Crippen LogP contribution in [0.15, 0.2) is 29.3 Å². The van der Waals surface area contributed by atoms with Crippen LogP contribution in [0.5, 0.6) is 5.75 Å². The molecule has 0 aromatic heterocycles. The summed E-state index contributed by atoms with van der Waals surface area (Å²) in [7, 11) is 1.21. The average molecular weight is 510 g/mol. The second-order valence-corrected chi connectivity index (χ2v) is 11.8. The summed E-state index contributed by atoms with van der Waals surface area (Å²) in [5, 5.41) is 3.33. The van der Waals surface area contributed by atoms with Crippen LogP contribution in [-0.4, -0.2) is 77.6 Å². The normalized spacial score (nSPS) is 18.4. The van der Waals surface area contributed by atoms with Crippen LogP contribution in [0.4, 0.5) is 0 Å². The number of nitrogens with zero attached hydrogens (tertiary/aromatic N) is 2. The third-order valence-corrected chi connectivity index (χ3v) is 8.89. The first-order valence-corrected chi connectivity index (χ1v) is 13.7. The van der Waals surface area contributed by atoms with E-state index >= 15 is 0 Å². The highest BCUT2D eigenvalue weighted by atomic mass is 32.2. The molecule has 1 amide bonds. The highest BCUT2D eigenvalue weighted by Gasteiger charge is 2.26. The van der Waals surface area contributed by atoms with E-state index in [9.17, 15) is 13.2 Å². The van der Waals surface area contributed by atoms with Crippen LogP contribution < -0.4 is 10.1 Å². The Morgan fingerprint density at radius 2 is 1.69 bits per heavy atom. The van der Waals surface area contributed by atoms with Crippen molar-refractivity contribution in [2.45, 2.75) is 51.3 Å². The summed E-state index contributed by atoms with van der Waals surface area (Å²) in [4.78, 5) is 14.5. The number of sulfonamides is 1. The monoisotopic (exact) mass is 509 g/mol. The van der Waals surface area contributed by atoms with E-state index in [2.05, 4.69) is 11.9 Å². The van der Waals surface area contributed by atoms with Gasteiger partial charge in [0.05, 0.1) is 18.6 Å². The van der Waals surface area contributed by atoms with Gasteiger partial charge in [-0.15, -0.1) is 0 Å². The lowest BCUT2D eigenvalue weighted by atomic mass is 9.81. The first-order chi connectivity index (χ1) is 16.4. The molecule has 1 aromatic carbocycles. The van der Waals surface area contributed by atoms with Crippen molar-refractivity contribution in [3.63, 3.8) is 0 Å². The van der Waals surface area contributed by atoms with E-state index in [0.29, 0.717) is 28.7 Å².